The Kier molecular flexibility index (Phi) is 4.65. The highest BCUT2D eigenvalue weighted by molar-refractivity contribution is 5.40. The number of nitriles is 1. The van der Waals surface area contributed by atoms with E-state index in [0.29, 0.717) is 6.42 Å². The summed E-state index contributed by atoms with van der Waals surface area (Å²) in [4.78, 5) is 0. The summed E-state index contributed by atoms with van der Waals surface area (Å²) in [5.74, 6) is 1.64. The van der Waals surface area contributed by atoms with E-state index in [4.69, 9.17) is 14.7 Å². The fourth-order valence-electron chi connectivity index (χ4n) is 1.59. The van der Waals surface area contributed by atoms with Crippen LogP contribution < -0.4 is 9.47 Å². The van der Waals surface area contributed by atoms with Crippen molar-refractivity contribution >= 4 is 0 Å². The lowest BCUT2D eigenvalue weighted by Gasteiger charge is -2.12. The molecule has 0 radical (unpaired) electrons. The average molecular weight is 219 g/mol. The molecule has 0 aromatic heterocycles. The van der Waals surface area contributed by atoms with Crippen molar-refractivity contribution in [2.45, 2.75) is 19.8 Å². The first-order chi connectivity index (χ1) is 7.74. The molecule has 86 valence electrons. The first-order valence-corrected chi connectivity index (χ1v) is 5.35. The van der Waals surface area contributed by atoms with E-state index >= 15 is 0 Å². The fourth-order valence-corrected chi connectivity index (χ4v) is 1.59. The quantitative estimate of drug-likeness (QED) is 0.764. The molecule has 0 aliphatic rings. The largest absolute Gasteiger partial charge is 0.497 e. The third-order valence-electron chi connectivity index (χ3n) is 2.63. The summed E-state index contributed by atoms with van der Waals surface area (Å²) in [5.41, 5.74) is 1.02. The fraction of sp³-hybridized carbons (Fsp3) is 0.462. The molecule has 3 heteroatoms. The molecule has 0 saturated heterocycles. The maximum Gasteiger partial charge on any atom is 0.122 e. The number of nitrogens with zero attached hydrogens (tertiary/aromatic N) is 1. The van der Waals surface area contributed by atoms with Crippen molar-refractivity contribution in [3.05, 3.63) is 23.8 Å². The van der Waals surface area contributed by atoms with Crippen molar-refractivity contribution in [3.8, 4) is 17.6 Å². The van der Waals surface area contributed by atoms with Crippen molar-refractivity contribution in [2.75, 3.05) is 14.2 Å². The van der Waals surface area contributed by atoms with E-state index < -0.39 is 0 Å². The average Bonchev–Trinajstić information content (AvgIpc) is 2.35. The van der Waals surface area contributed by atoms with Gasteiger partial charge in [0.1, 0.15) is 11.5 Å². The third kappa shape index (κ3) is 2.90. The Bertz CT molecular complexity index is 382. The van der Waals surface area contributed by atoms with E-state index in [9.17, 15) is 0 Å². The zero-order valence-electron chi connectivity index (χ0n) is 9.99. The minimum atomic E-state index is 0.0287. The van der Waals surface area contributed by atoms with Gasteiger partial charge in [-0.25, -0.2) is 0 Å². The minimum Gasteiger partial charge on any atom is -0.497 e. The normalized spacial score (nSPS) is 11.6. The second-order valence-corrected chi connectivity index (χ2v) is 3.62. The van der Waals surface area contributed by atoms with E-state index in [1.165, 1.54) is 0 Å². The SMILES string of the molecule is CCC(C#N)Cc1cc(OC)ccc1OC. The summed E-state index contributed by atoms with van der Waals surface area (Å²) in [6, 6.07) is 7.95. The number of hydrogen-bond donors (Lipinski definition) is 0. The molecule has 0 amide bonds. The van der Waals surface area contributed by atoms with Gasteiger partial charge in [0.2, 0.25) is 0 Å². The molecule has 1 rings (SSSR count). The molecule has 0 aliphatic heterocycles. The first-order valence-electron chi connectivity index (χ1n) is 5.35. The highest BCUT2D eigenvalue weighted by Gasteiger charge is 2.11. The van der Waals surface area contributed by atoms with Crippen LogP contribution >= 0.6 is 0 Å². The molecular weight excluding hydrogens is 202 g/mol. The van der Waals surface area contributed by atoms with E-state index in [1.807, 2.05) is 25.1 Å². The van der Waals surface area contributed by atoms with E-state index in [1.54, 1.807) is 14.2 Å². The molecule has 0 aliphatic carbocycles. The second kappa shape index (κ2) is 6.02. The van der Waals surface area contributed by atoms with Gasteiger partial charge in [-0.3, -0.25) is 0 Å². The van der Waals surface area contributed by atoms with Crippen LogP contribution in [0.1, 0.15) is 18.9 Å². The minimum absolute atomic E-state index is 0.0287. The number of benzene rings is 1. The molecule has 0 saturated carbocycles. The summed E-state index contributed by atoms with van der Waals surface area (Å²) in [7, 11) is 3.27. The van der Waals surface area contributed by atoms with Crippen LogP contribution in [0.3, 0.4) is 0 Å². The summed E-state index contributed by atoms with van der Waals surface area (Å²) in [5, 5.41) is 8.96. The molecule has 16 heavy (non-hydrogen) atoms. The first kappa shape index (κ1) is 12.4. The molecule has 3 nitrogen and oxygen atoms in total. The summed E-state index contributed by atoms with van der Waals surface area (Å²) in [6.45, 7) is 2.01. The zero-order chi connectivity index (χ0) is 12.0. The predicted molar refractivity (Wildman–Crippen MR) is 62.6 cm³/mol. The van der Waals surface area contributed by atoms with Crippen LogP contribution in [-0.2, 0) is 6.42 Å². The molecule has 1 atom stereocenters. The monoisotopic (exact) mass is 219 g/mol. The van der Waals surface area contributed by atoms with Gasteiger partial charge in [0.15, 0.2) is 0 Å². The molecule has 1 aromatic rings. The smallest absolute Gasteiger partial charge is 0.122 e. The molecule has 0 fully saturated rings. The van der Waals surface area contributed by atoms with Crippen molar-refractivity contribution < 1.29 is 9.47 Å². The summed E-state index contributed by atoms with van der Waals surface area (Å²) >= 11 is 0. The van der Waals surface area contributed by atoms with Crippen LogP contribution in [-0.4, -0.2) is 14.2 Å². The maximum absolute atomic E-state index is 8.96. The van der Waals surface area contributed by atoms with Gasteiger partial charge in [-0.15, -0.1) is 0 Å². The molecule has 0 spiro atoms. The lowest BCUT2D eigenvalue weighted by atomic mass is 9.97. The van der Waals surface area contributed by atoms with E-state index in [-0.39, 0.29) is 5.92 Å². The van der Waals surface area contributed by atoms with Gasteiger partial charge >= 0.3 is 0 Å². The van der Waals surface area contributed by atoms with Gasteiger partial charge in [0.25, 0.3) is 0 Å². The lowest BCUT2D eigenvalue weighted by Crippen LogP contribution is -2.02. The van der Waals surface area contributed by atoms with Crippen molar-refractivity contribution in [2.24, 2.45) is 5.92 Å². The van der Waals surface area contributed by atoms with Gasteiger partial charge in [0, 0.05) is 0 Å². The van der Waals surface area contributed by atoms with Crippen LogP contribution in [0.5, 0.6) is 11.5 Å². The Morgan fingerprint density at radius 2 is 2.06 bits per heavy atom. The van der Waals surface area contributed by atoms with E-state index in [0.717, 1.165) is 23.5 Å². The predicted octanol–water partition coefficient (Wildman–Crippen LogP) is 2.80. The van der Waals surface area contributed by atoms with Gasteiger partial charge in [0.05, 0.1) is 26.2 Å². The van der Waals surface area contributed by atoms with Crippen LogP contribution in [0.4, 0.5) is 0 Å². The zero-order valence-corrected chi connectivity index (χ0v) is 9.99. The van der Waals surface area contributed by atoms with Gasteiger partial charge in [-0.05, 0) is 36.6 Å². The molecular formula is C13H17NO2. The van der Waals surface area contributed by atoms with Gasteiger partial charge in [-0.1, -0.05) is 6.92 Å². The Morgan fingerprint density at radius 1 is 1.31 bits per heavy atom. The maximum atomic E-state index is 8.96. The van der Waals surface area contributed by atoms with Crippen molar-refractivity contribution in [1.82, 2.24) is 0 Å². The van der Waals surface area contributed by atoms with Crippen molar-refractivity contribution in [3.63, 3.8) is 0 Å². The number of methoxy groups -OCH3 is 2. The Balaban J connectivity index is 2.95. The molecule has 0 bridgehead atoms. The molecule has 0 heterocycles. The Labute approximate surface area is 96.6 Å². The number of rotatable bonds is 5. The highest BCUT2D eigenvalue weighted by Crippen LogP contribution is 2.26. The standard InChI is InChI=1S/C13H17NO2/c1-4-10(9-14)7-11-8-12(15-2)5-6-13(11)16-3/h5-6,8,10H,4,7H2,1-3H3. The Morgan fingerprint density at radius 3 is 2.56 bits per heavy atom. The third-order valence-corrected chi connectivity index (χ3v) is 2.63. The van der Waals surface area contributed by atoms with Crippen LogP contribution in [0.15, 0.2) is 18.2 Å². The number of hydrogen-bond acceptors (Lipinski definition) is 3. The van der Waals surface area contributed by atoms with Crippen LogP contribution in [0, 0.1) is 17.2 Å². The lowest BCUT2D eigenvalue weighted by molar-refractivity contribution is 0.396. The number of ether oxygens (including phenoxy) is 2. The van der Waals surface area contributed by atoms with Crippen LogP contribution in [0.2, 0.25) is 0 Å². The molecule has 1 unspecified atom stereocenters. The van der Waals surface area contributed by atoms with Crippen molar-refractivity contribution in [1.29, 1.82) is 5.26 Å². The second-order valence-electron chi connectivity index (χ2n) is 3.62. The highest BCUT2D eigenvalue weighted by atomic mass is 16.5. The molecule has 0 N–H and O–H groups in total. The Hall–Kier alpha value is -1.69. The summed E-state index contributed by atoms with van der Waals surface area (Å²) < 4.78 is 10.4. The van der Waals surface area contributed by atoms with E-state index in [2.05, 4.69) is 6.07 Å². The topological polar surface area (TPSA) is 42.2 Å². The summed E-state index contributed by atoms with van der Waals surface area (Å²) in [6.07, 6.45) is 1.55. The van der Waals surface area contributed by atoms with Gasteiger partial charge < -0.3 is 9.47 Å². The molecule has 1 aromatic carbocycles. The van der Waals surface area contributed by atoms with Gasteiger partial charge in [-0.2, -0.15) is 5.26 Å². The van der Waals surface area contributed by atoms with Crippen LogP contribution in [0.25, 0.3) is 0 Å².